The Bertz CT molecular complexity index is 702. The zero-order valence-corrected chi connectivity index (χ0v) is 18.2. The van der Waals surface area contributed by atoms with E-state index in [1.807, 2.05) is 6.08 Å². The fourth-order valence-corrected chi connectivity index (χ4v) is 3.22. The van der Waals surface area contributed by atoms with E-state index in [0.29, 0.717) is 0 Å². The van der Waals surface area contributed by atoms with Gasteiger partial charge in [0.15, 0.2) is 0 Å². The molecule has 0 radical (unpaired) electrons. The SMILES string of the molecule is C=CC(=CCC)CN(Cc1ccc(N(C)C)cc1)Cc1ccc(N(C)C)cc1. The summed E-state index contributed by atoms with van der Waals surface area (Å²) in [6, 6.07) is 17.7. The molecule has 0 unspecified atom stereocenters. The number of hydrogen-bond acceptors (Lipinski definition) is 3. The van der Waals surface area contributed by atoms with Crippen molar-refractivity contribution in [2.45, 2.75) is 26.4 Å². The van der Waals surface area contributed by atoms with Crippen LogP contribution in [0.2, 0.25) is 0 Å². The highest BCUT2D eigenvalue weighted by Gasteiger charge is 2.10. The summed E-state index contributed by atoms with van der Waals surface area (Å²) in [5.74, 6) is 0. The van der Waals surface area contributed by atoms with E-state index in [-0.39, 0.29) is 0 Å². The molecule has 0 saturated carbocycles. The van der Waals surface area contributed by atoms with Crippen LogP contribution in [-0.2, 0) is 13.1 Å². The zero-order chi connectivity index (χ0) is 20.5. The summed E-state index contributed by atoms with van der Waals surface area (Å²) in [5.41, 5.74) is 6.41. The lowest BCUT2D eigenvalue weighted by atomic mass is 10.1. The van der Waals surface area contributed by atoms with Gasteiger partial charge in [0.2, 0.25) is 0 Å². The topological polar surface area (TPSA) is 9.72 Å². The average molecular weight is 378 g/mol. The number of hydrogen-bond donors (Lipinski definition) is 0. The highest BCUT2D eigenvalue weighted by molar-refractivity contribution is 5.47. The molecular weight excluding hydrogens is 342 g/mol. The molecule has 0 spiro atoms. The summed E-state index contributed by atoms with van der Waals surface area (Å²) in [4.78, 5) is 6.75. The molecule has 2 aromatic carbocycles. The van der Waals surface area contributed by atoms with Gasteiger partial charge in [0, 0.05) is 59.2 Å². The van der Waals surface area contributed by atoms with Gasteiger partial charge in [-0.1, -0.05) is 49.9 Å². The third kappa shape index (κ3) is 6.58. The molecule has 0 N–H and O–H groups in total. The molecule has 0 fully saturated rings. The lowest BCUT2D eigenvalue weighted by Gasteiger charge is -2.24. The average Bonchev–Trinajstić information content (AvgIpc) is 2.68. The van der Waals surface area contributed by atoms with Crippen LogP contribution in [0.5, 0.6) is 0 Å². The van der Waals surface area contributed by atoms with Crippen molar-refractivity contribution in [3.05, 3.63) is 84.0 Å². The Morgan fingerprint density at radius 1 is 0.786 bits per heavy atom. The molecule has 0 aliphatic carbocycles. The molecule has 3 heteroatoms. The second-order valence-corrected chi connectivity index (χ2v) is 7.66. The first-order valence-corrected chi connectivity index (χ1v) is 9.99. The van der Waals surface area contributed by atoms with Crippen molar-refractivity contribution in [1.29, 1.82) is 0 Å². The van der Waals surface area contributed by atoms with Crippen LogP contribution in [-0.4, -0.2) is 39.6 Å². The van der Waals surface area contributed by atoms with Gasteiger partial charge < -0.3 is 9.80 Å². The molecule has 150 valence electrons. The number of anilines is 2. The molecule has 0 aliphatic rings. The van der Waals surface area contributed by atoms with Crippen molar-refractivity contribution in [3.63, 3.8) is 0 Å². The van der Waals surface area contributed by atoms with E-state index < -0.39 is 0 Å². The normalized spacial score (nSPS) is 11.6. The molecule has 0 amide bonds. The minimum atomic E-state index is 0.905. The molecule has 2 rings (SSSR count). The largest absolute Gasteiger partial charge is 0.378 e. The standard InChI is InChI=1S/C25H35N3/c1-7-9-21(8-2)18-28(19-22-10-14-24(15-11-22)26(3)4)20-23-12-16-25(17-13-23)27(5)6/h8-17H,2,7,18-20H2,1,3-6H3. The van der Waals surface area contributed by atoms with E-state index >= 15 is 0 Å². The number of nitrogens with zero attached hydrogens (tertiary/aromatic N) is 3. The van der Waals surface area contributed by atoms with Crippen molar-refractivity contribution < 1.29 is 0 Å². The van der Waals surface area contributed by atoms with Crippen molar-refractivity contribution in [2.75, 3.05) is 44.5 Å². The van der Waals surface area contributed by atoms with Gasteiger partial charge in [0.1, 0.15) is 0 Å². The Kier molecular flexibility index (Phi) is 8.34. The summed E-state index contributed by atoms with van der Waals surface area (Å²) >= 11 is 0. The van der Waals surface area contributed by atoms with E-state index in [4.69, 9.17) is 0 Å². The Morgan fingerprint density at radius 2 is 1.21 bits per heavy atom. The minimum absolute atomic E-state index is 0.905. The zero-order valence-electron chi connectivity index (χ0n) is 18.2. The van der Waals surface area contributed by atoms with Crippen LogP contribution in [0.3, 0.4) is 0 Å². The number of benzene rings is 2. The van der Waals surface area contributed by atoms with Gasteiger partial charge in [-0.2, -0.15) is 0 Å². The van der Waals surface area contributed by atoms with E-state index in [0.717, 1.165) is 26.1 Å². The van der Waals surface area contributed by atoms with Crippen molar-refractivity contribution in [1.82, 2.24) is 4.90 Å². The van der Waals surface area contributed by atoms with Gasteiger partial charge in [0.05, 0.1) is 0 Å². The Labute approximate surface area is 171 Å². The molecule has 3 nitrogen and oxygen atoms in total. The maximum atomic E-state index is 4.00. The van der Waals surface area contributed by atoms with Crippen LogP contribution in [0, 0.1) is 0 Å². The van der Waals surface area contributed by atoms with Gasteiger partial charge in [-0.15, -0.1) is 0 Å². The summed E-state index contributed by atoms with van der Waals surface area (Å²) in [5, 5.41) is 0. The lowest BCUT2D eigenvalue weighted by molar-refractivity contribution is 0.281. The van der Waals surface area contributed by atoms with Crippen LogP contribution in [0.1, 0.15) is 24.5 Å². The Hall–Kier alpha value is -2.52. The van der Waals surface area contributed by atoms with Gasteiger partial charge >= 0.3 is 0 Å². The van der Waals surface area contributed by atoms with Crippen LogP contribution in [0.4, 0.5) is 11.4 Å². The van der Waals surface area contributed by atoms with Gasteiger partial charge in [-0.3, -0.25) is 4.90 Å². The van der Waals surface area contributed by atoms with Gasteiger partial charge in [0.25, 0.3) is 0 Å². The molecule has 28 heavy (non-hydrogen) atoms. The molecule has 2 aromatic rings. The first-order chi connectivity index (χ1) is 13.4. The van der Waals surface area contributed by atoms with E-state index in [2.05, 4.69) is 111 Å². The van der Waals surface area contributed by atoms with Crippen LogP contribution < -0.4 is 9.80 Å². The fraction of sp³-hybridized carbons (Fsp3) is 0.360. The summed E-state index contributed by atoms with van der Waals surface area (Å²) < 4.78 is 0. The van der Waals surface area contributed by atoms with Crippen LogP contribution in [0.15, 0.2) is 72.8 Å². The van der Waals surface area contributed by atoms with Crippen molar-refractivity contribution in [2.24, 2.45) is 0 Å². The van der Waals surface area contributed by atoms with E-state index in [9.17, 15) is 0 Å². The smallest absolute Gasteiger partial charge is 0.0361 e. The van der Waals surface area contributed by atoms with Crippen molar-refractivity contribution >= 4 is 11.4 Å². The van der Waals surface area contributed by atoms with Crippen LogP contribution >= 0.6 is 0 Å². The third-order valence-corrected chi connectivity index (χ3v) is 4.85. The minimum Gasteiger partial charge on any atom is -0.378 e. The highest BCUT2D eigenvalue weighted by Crippen LogP contribution is 2.18. The Morgan fingerprint density at radius 3 is 1.54 bits per heavy atom. The molecule has 0 bridgehead atoms. The molecule has 0 heterocycles. The Balaban J connectivity index is 2.18. The number of rotatable bonds is 10. The lowest BCUT2D eigenvalue weighted by Crippen LogP contribution is -2.25. The van der Waals surface area contributed by atoms with E-state index in [1.54, 1.807) is 0 Å². The summed E-state index contributed by atoms with van der Waals surface area (Å²) in [7, 11) is 8.30. The quantitative estimate of drug-likeness (QED) is 0.517. The summed E-state index contributed by atoms with van der Waals surface area (Å²) in [6.07, 6.45) is 5.29. The second kappa shape index (κ2) is 10.7. The predicted octanol–water partition coefficient (Wildman–Crippen LogP) is 5.34. The van der Waals surface area contributed by atoms with Crippen molar-refractivity contribution in [3.8, 4) is 0 Å². The first kappa shape index (κ1) is 21.8. The molecule has 0 atom stereocenters. The highest BCUT2D eigenvalue weighted by atomic mass is 15.1. The predicted molar refractivity (Wildman–Crippen MR) is 124 cm³/mol. The maximum absolute atomic E-state index is 4.00. The first-order valence-electron chi connectivity index (χ1n) is 9.99. The second-order valence-electron chi connectivity index (χ2n) is 7.66. The van der Waals surface area contributed by atoms with Crippen LogP contribution in [0.25, 0.3) is 0 Å². The number of allylic oxidation sites excluding steroid dienone is 1. The third-order valence-electron chi connectivity index (χ3n) is 4.85. The molecule has 0 aliphatic heterocycles. The molecule has 0 aromatic heterocycles. The summed E-state index contributed by atoms with van der Waals surface area (Å²) in [6.45, 7) is 8.91. The molecule has 0 saturated heterocycles. The van der Waals surface area contributed by atoms with Gasteiger partial charge in [-0.05, 0) is 47.4 Å². The maximum Gasteiger partial charge on any atom is 0.0361 e. The monoisotopic (exact) mass is 377 g/mol. The van der Waals surface area contributed by atoms with E-state index in [1.165, 1.54) is 28.1 Å². The van der Waals surface area contributed by atoms with Gasteiger partial charge in [-0.25, -0.2) is 0 Å². The fourth-order valence-electron chi connectivity index (χ4n) is 3.22. The molecular formula is C25H35N3.